The van der Waals surface area contributed by atoms with Crippen LogP contribution in [-0.4, -0.2) is 61.7 Å². The third kappa shape index (κ3) is 4.83. The number of esters is 1. The molecule has 8 nitrogen and oxygen atoms in total. The molecule has 180 valence electrons. The van der Waals surface area contributed by atoms with Gasteiger partial charge in [0.1, 0.15) is 23.2 Å². The minimum atomic E-state index is -0.477. The molecule has 2 heterocycles. The molecular formula is C25H28ClN3O5. The maximum absolute atomic E-state index is 13.1. The highest BCUT2D eigenvalue weighted by Crippen LogP contribution is 2.28. The number of H-pyrrole nitrogens is 1. The van der Waals surface area contributed by atoms with Gasteiger partial charge < -0.3 is 24.5 Å². The Labute approximate surface area is 203 Å². The van der Waals surface area contributed by atoms with Crippen molar-refractivity contribution in [2.75, 3.05) is 27.9 Å². The van der Waals surface area contributed by atoms with Gasteiger partial charge in [0.25, 0.3) is 5.91 Å². The van der Waals surface area contributed by atoms with Crippen LogP contribution in [0.1, 0.15) is 28.0 Å². The van der Waals surface area contributed by atoms with Crippen molar-refractivity contribution in [2.45, 2.75) is 32.0 Å². The number of hydrogen-bond donors (Lipinski definition) is 2. The lowest BCUT2D eigenvalue weighted by atomic mass is 10.1. The van der Waals surface area contributed by atoms with Gasteiger partial charge >= 0.3 is 5.97 Å². The Balaban J connectivity index is 1.52. The molecule has 0 spiro atoms. The lowest BCUT2D eigenvalue weighted by Crippen LogP contribution is -2.38. The van der Waals surface area contributed by atoms with Crippen LogP contribution >= 0.6 is 11.6 Å². The van der Waals surface area contributed by atoms with Gasteiger partial charge in [-0.2, -0.15) is 0 Å². The van der Waals surface area contributed by atoms with E-state index in [1.807, 2.05) is 36.1 Å². The predicted octanol–water partition coefficient (Wildman–Crippen LogP) is 3.69. The summed E-state index contributed by atoms with van der Waals surface area (Å²) in [6.07, 6.45) is 0.449. The molecule has 4 rings (SSSR count). The number of nitrogens with zero attached hydrogens (tertiary/aromatic N) is 1. The minimum absolute atomic E-state index is 0.219. The van der Waals surface area contributed by atoms with Crippen molar-refractivity contribution in [1.29, 1.82) is 0 Å². The molecule has 2 atom stereocenters. The van der Waals surface area contributed by atoms with Gasteiger partial charge in [0.2, 0.25) is 0 Å². The zero-order valence-electron chi connectivity index (χ0n) is 19.6. The monoisotopic (exact) mass is 485 g/mol. The highest BCUT2D eigenvalue weighted by atomic mass is 35.5. The number of halogens is 1. The molecule has 1 aromatic heterocycles. The summed E-state index contributed by atoms with van der Waals surface area (Å²) in [4.78, 5) is 30.8. The van der Waals surface area contributed by atoms with Crippen LogP contribution in [0.15, 0.2) is 36.4 Å². The Bertz CT molecular complexity index is 1200. The number of benzene rings is 2. The van der Waals surface area contributed by atoms with E-state index in [1.54, 1.807) is 26.4 Å². The minimum Gasteiger partial charge on any atom is -0.497 e. The van der Waals surface area contributed by atoms with E-state index in [2.05, 4.69) is 10.3 Å². The number of rotatable bonds is 7. The van der Waals surface area contributed by atoms with Crippen LogP contribution < -0.4 is 14.8 Å². The van der Waals surface area contributed by atoms with Crippen molar-refractivity contribution in [3.63, 3.8) is 0 Å². The molecule has 0 unspecified atom stereocenters. The van der Waals surface area contributed by atoms with E-state index in [-0.39, 0.29) is 17.9 Å². The molecule has 1 saturated heterocycles. The quantitative estimate of drug-likeness (QED) is 0.496. The van der Waals surface area contributed by atoms with Crippen molar-refractivity contribution in [1.82, 2.24) is 15.2 Å². The molecule has 2 aromatic carbocycles. The standard InChI is InChI=1S/C25H28ClN3O5/c1-14-20-9-16(26)5-6-21(20)28-23(14)24(30)27-17-10-22(25(31)34-4)29(13-17)12-15-7-18(32-2)11-19(8-15)33-3/h5-9,11,17,22,28H,10,12-13H2,1-4H3,(H,27,30)/t17-,22-/m0/s1. The zero-order chi connectivity index (χ0) is 24.4. The van der Waals surface area contributed by atoms with E-state index in [4.69, 9.17) is 25.8 Å². The third-order valence-electron chi connectivity index (χ3n) is 6.26. The van der Waals surface area contributed by atoms with Gasteiger partial charge in [0.05, 0.1) is 21.3 Å². The lowest BCUT2D eigenvalue weighted by Gasteiger charge is -2.22. The second-order valence-corrected chi connectivity index (χ2v) is 8.85. The van der Waals surface area contributed by atoms with Crippen LogP contribution in [0.5, 0.6) is 11.5 Å². The molecule has 2 N–H and O–H groups in total. The summed E-state index contributed by atoms with van der Waals surface area (Å²) in [5, 5.41) is 4.60. The Morgan fingerprint density at radius 1 is 1.12 bits per heavy atom. The second-order valence-electron chi connectivity index (χ2n) is 8.41. The van der Waals surface area contributed by atoms with Crippen molar-refractivity contribution in [2.24, 2.45) is 0 Å². The molecule has 0 radical (unpaired) electrons. The fourth-order valence-corrected chi connectivity index (χ4v) is 4.71. The van der Waals surface area contributed by atoms with Crippen molar-refractivity contribution in [3.05, 3.63) is 58.2 Å². The Hall–Kier alpha value is -3.23. The van der Waals surface area contributed by atoms with Crippen LogP contribution in [0.25, 0.3) is 10.9 Å². The van der Waals surface area contributed by atoms with Crippen LogP contribution in [0.3, 0.4) is 0 Å². The summed E-state index contributed by atoms with van der Waals surface area (Å²) in [6.45, 7) is 2.86. The first-order valence-electron chi connectivity index (χ1n) is 11.0. The second kappa shape index (κ2) is 9.95. The van der Waals surface area contributed by atoms with Crippen LogP contribution in [-0.2, 0) is 16.1 Å². The number of aromatic amines is 1. The first-order chi connectivity index (χ1) is 16.3. The molecule has 1 amide bonds. The number of fused-ring (bicyclic) bond motifs is 1. The van der Waals surface area contributed by atoms with Gasteiger partial charge in [-0.05, 0) is 54.8 Å². The number of aromatic nitrogens is 1. The molecule has 1 aliphatic heterocycles. The average Bonchev–Trinajstić information content (AvgIpc) is 3.38. The van der Waals surface area contributed by atoms with Crippen LogP contribution in [0.2, 0.25) is 5.02 Å². The summed E-state index contributed by atoms with van der Waals surface area (Å²) in [5.41, 5.74) is 3.10. The highest BCUT2D eigenvalue weighted by Gasteiger charge is 2.38. The summed E-state index contributed by atoms with van der Waals surface area (Å²) < 4.78 is 15.8. The summed E-state index contributed by atoms with van der Waals surface area (Å²) in [6, 6.07) is 10.4. The molecule has 0 saturated carbocycles. The fraction of sp³-hybridized carbons (Fsp3) is 0.360. The summed E-state index contributed by atoms with van der Waals surface area (Å²) >= 11 is 6.12. The first kappa shape index (κ1) is 23.9. The number of nitrogens with one attached hydrogen (secondary N) is 2. The predicted molar refractivity (Wildman–Crippen MR) is 130 cm³/mol. The van der Waals surface area contributed by atoms with Gasteiger partial charge in [-0.1, -0.05) is 11.6 Å². The number of ether oxygens (including phenoxy) is 3. The topological polar surface area (TPSA) is 92.9 Å². The molecule has 1 fully saturated rings. The Kier molecular flexibility index (Phi) is 7.00. The van der Waals surface area contributed by atoms with Crippen LogP contribution in [0, 0.1) is 6.92 Å². The van der Waals surface area contributed by atoms with E-state index in [1.165, 1.54) is 7.11 Å². The van der Waals surface area contributed by atoms with Gasteiger partial charge in [0, 0.05) is 41.1 Å². The summed E-state index contributed by atoms with van der Waals surface area (Å²) in [7, 11) is 4.56. The largest absolute Gasteiger partial charge is 0.497 e. The van der Waals surface area contributed by atoms with Crippen molar-refractivity contribution >= 4 is 34.4 Å². The number of carbonyl (C=O) groups is 2. The zero-order valence-corrected chi connectivity index (χ0v) is 20.4. The van der Waals surface area contributed by atoms with E-state index < -0.39 is 6.04 Å². The third-order valence-corrected chi connectivity index (χ3v) is 6.49. The van der Waals surface area contributed by atoms with E-state index in [0.29, 0.717) is 41.7 Å². The van der Waals surface area contributed by atoms with E-state index in [0.717, 1.165) is 22.0 Å². The number of carbonyl (C=O) groups excluding carboxylic acids is 2. The van der Waals surface area contributed by atoms with Crippen LogP contribution in [0.4, 0.5) is 0 Å². The van der Waals surface area contributed by atoms with Gasteiger partial charge in [-0.25, -0.2) is 0 Å². The number of aryl methyl sites for hydroxylation is 1. The highest BCUT2D eigenvalue weighted by molar-refractivity contribution is 6.31. The molecule has 9 heteroatoms. The molecule has 1 aliphatic rings. The van der Waals surface area contributed by atoms with Gasteiger partial charge in [0.15, 0.2) is 0 Å². The smallest absolute Gasteiger partial charge is 0.323 e. The maximum atomic E-state index is 13.1. The molecule has 0 bridgehead atoms. The maximum Gasteiger partial charge on any atom is 0.323 e. The number of hydrogen-bond acceptors (Lipinski definition) is 6. The SMILES string of the molecule is COC(=O)[C@@H]1C[C@H](NC(=O)c2[nH]c3ccc(Cl)cc3c2C)CN1Cc1cc(OC)cc(OC)c1. The number of amides is 1. The number of likely N-dealkylation sites (tertiary alicyclic amines) is 1. The average molecular weight is 486 g/mol. The van der Waals surface area contributed by atoms with Crippen molar-refractivity contribution < 1.29 is 23.8 Å². The Morgan fingerprint density at radius 3 is 2.47 bits per heavy atom. The summed E-state index contributed by atoms with van der Waals surface area (Å²) in [5.74, 6) is 0.788. The Morgan fingerprint density at radius 2 is 1.82 bits per heavy atom. The number of methoxy groups -OCH3 is 3. The molecular weight excluding hydrogens is 458 g/mol. The van der Waals surface area contributed by atoms with E-state index in [9.17, 15) is 9.59 Å². The molecule has 0 aliphatic carbocycles. The lowest BCUT2D eigenvalue weighted by molar-refractivity contribution is -0.146. The molecule has 3 aromatic rings. The fourth-order valence-electron chi connectivity index (χ4n) is 4.54. The molecule has 34 heavy (non-hydrogen) atoms. The normalized spacial score (nSPS) is 18.1. The van der Waals surface area contributed by atoms with Gasteiger partial charge in [-0.15, -0.1) is 0 Å². The van der Waals surface area contributed by atoms with E-state index >= 15 is 0 Å². The van der Waals surface area contributed by atoms with Crippen molar-refractivity contribution in [3.8, 4) is 11.5 Å². The van der Waals surface area contributed by atoms with Gasteiger partial charge in [-0.3, -0.25) is 14.5 Å². The first-order valence-corrected chi connectivity index (χ1v) is 11.3.